The van der Waals surface area contributed by atoms with Gasteiger partial charge in [0.1, 0.15) is 17.2 Å². The van der Waals surface area contributed by atoms with E-state index in [9.17, 15) is 14.9 Å². The van der Waals surface area contributed by atoms with Crippen LogP contribution < -0.4 is 14.4 Å². The van der Waals surface area contributed by atoms with Crippen LogP contribution in [-0.4, -0.2) is 48.3 Å². The largest absolute Gasteiger partial charge is 0.497 e. The Morgan fingerprint density at radius 1 is 1.18 bits per heavy atom. The van der Waals surface area contributed by atoms with Crippen molar-refractivity contribution in [2.24, 2.45) is 5.92 Å². The van der Waals surface area contributed by atoms with E-state index in [0.29, 0.717) is 54.5 Å². The van der Waals surface area contributed by atoms with E-state index in [0.717, 1.165) is 0 Å². The molecule has 2 aromatic carbocycles. The highest BCUT2D eigenvalue weighted by Gasteiger charge is 2.29. The molecular weight excluding hydrogens is 444 g/mol. The number of para-hydroxylation sites is 2. The minimum Gasteiger partial charge on any atom is -0.497 e. The lowest BCUT2D eigenvalue weighted by Crippen LogP contribution is -2.37. The molecule has 0 N–H and O–H groups in total. The van der Waals surface area contributed by atoms with Gasteiger partial charge in [0.25, 0.3) is 11.6 Å². The van der Waals surface area contributed by atoms with Crippen LogP contribution in [0.15, 0.2) is 47.0 Å². The number of carbonyl (C=O) groups is 1. The first-order chi connectivity index (χ1) is 16.5. The van der Waals surface area contributed by atoms with Crippen molar-refractivity contribution in [2.75, 3.05) is 32.2 Å². The molecule has 3 aromatic rings. The fourth-order valence-electron chi connectivity index (χ4n) is 3.90. The van der Waals surface area contributed by atoms with Gasteiger partial charge in [0.2, 0.25) is 5.82 Å². The zero-order valence-electron chi connectivity index (χ0n) is 18.8. The maximum atomic E-state index is 12.6. The number of anilines is 1. The number of esters is 1. The molecule has 1 aromatic heterocycles. The molecule has 1 saturated heterocycles. The molecular formula is C23H24N4O7. The Morgan fingerprint density at radius 3 is 2.65 bits per heavy atom. The zero-order valence-corrected chi connectivity index (χ0v) is 18.8. The van der Waals surface area contributed by atoms with Gasteiger partial charge in [-0.1, -0.05) is 17.3 Å². The molecule has 0 bridgehead atoms. The van der Waals surface area contributed by atoms with Crippen molar-refractivity contribution in [2.45, 2.75) is 19.4 Å². The number of nitro benzene ring substituents is 1. The smallest absolute Gasteiger partial charge is 0.309 e. The van der Waals surface area contributed by atoms with Crippen molar-refractivity contribution in [1.82, 2.24) is 10.1 Å². The van der Waals surface area contributed by atoms with E-state index in [1.54, 1.807) is 43.5 Å². The Labute approximate surface area is 195 Å². The van der Waals surface area contributed by atoms with Crippen molar-refractivity contribution in [3.8, 4) is 22.9 Å². The quantitative estimate of drug-likeness (QED) is 0.274. The maximum Gasteiger partial charge on any atom is 0.309 e. The molecule has 0 radical (unpaired) electrons. The third-order valence-electron chi connectivity index (χ3n) is 5.70. The van der Waals surface area contributed by atoms with Gasteiger partial charge in [-0.2, -0.15) is 4.98 Å². The average molecular weight is 468 g/mol. The summed E-state index contributed by atoms with van der Waals surface area (Å²) in [6.07, 6.45) is 1.06. The molecule has 0 saturated carbocycles. The normalized spacial score (nSPS) is 14.0. The number of aromatic nitrogens is 2. The van der Waals surface area contributed by atoms with Crippen LogP contribution in [0.2, 0.25) is 0 Å². The van der Waals surface area contributed by atoms with E-state index >= 15 is 0 Å². The predicted octanol–water partition coefficient (Wildman–Crippen LogP) is 3.62. The van der Waals surface area contributed by atoms with E-state index in [2.05, 4.69) is 10.1 Å². The van der Waals surface area contributed by atoms with Crippen LogP contribution in [0, 0.1) is 16.0 Å². The van der Waals surface area contributed by atoms with Gasteiger partial charge < -0.3 is 23.6 Å². The van der Waals surface area contributed by atoms with Crippen LogP contribution in [0.3, 0.4) is 0 Å². The second kappa shape index (κ2) is 10.2. The molecule has 11 heteroatoms. The molecule has 0 spiro atoms. The number of benzene rings is 2. The number of rotatable bonds is 8. The second-order valence-electron chi connectivity index (χ2n) is 7.69. The Hall–Kier alpha value is -4.15. The lowest BCUT2D eigenvalue weighted by molar-refractivity contribution is -0.384. The molecule has 1 aliphatic heterocycles. The Balaban J connectivity index is 1.33. The van der Waals surface area contributed by atoms with Crippen molar-refractivity contribution in [1.29, 1.82) is 0 Å². The number of hydrogen-bond donors (Lipinski definition) is 0. The van der Waals surface area contributed by atoms with E-state index < -0.39 is 4.92 Å². The van der Waals surface area contributed by atoms with Crippen LogP contribution in [0.4, 0.5) is 11.4 Å². The maximum absolute atomic E-state index is 12.6. The molecule has 2 heterocycles. The topological polar surface area (TPSA) is 130 Å². The number of carbonyl (C=O) groups excluding carboxylic acids is 1. The van der Waals surface area contributed by atoms with Crippen molar-refractivity contribution in [3.05, 3.63) is 58.5 Å². The third kappa shape index (κ3) is 4.92. The minimum absolute atomic E-state index is 0.0595. The van der Waals surface area contributed by atoms with E-state index in [1.807, 2.05) is 4.90 Å². The van der Waals surface area contributed by atoms with Crippen LogP contribution in [0.1, 0.15) is 18.7 Å². The number of ether oxygens (including phenoxy) is 3. The van der Waals surface area contributed by atoms with Gasteiger partial charge in [-0.3, -0.25) is 14.9 Å². The summed E-state index contributed by atoms with van der Waals surface area (Å²) in [4.78, 5) is 29.7. The molecule has 0 amide bonds. The van der Waals surface area contributed by atoms with Gasteiger partial charge in [0, 0.05) is 25.2 Å². The van der Waals surface area contributed by atoms with Gasteiger partial charge in [-0.15, -0.1) is 0 Å². The zero-order chi connectivity index (χ0) is 24.1. The van der Waals surface area contributed by atoms with Crippen molar-refractivity contribution in [3.63, 3.8) is 0 Å². The van der Waals surface area contributed by atoms with Gasteiger partial charge in [0.05, 0.1) is 30.6 Å². The first-order valence-corrected chi connectivity index (χ1v) is 10.7. The number of methoxy groups -OCH3 is 2. The minimum atomic E-state index is -0.393. The van der Waals surface area contributed by atoms with Crippen LogP contribution in [0.25, 0.3) is 11.4 Å². The Bertz CT molecular complexity index is 1170. The van der Waals surface area contributed by atoms with Gasteiger partial charge in [0.15, 0.2) is 6.61 Å². The van der Waals surface area contributed by atoms with Gasteiger partial charge in [-0.25, -0.2) is 0 Å². The predicted molar refractivity (Wildman–Crippen MR) is 121 cm³/mol. The third-order valence-corrected chi connectivity index (χ3v) is 5.70. The van der Waals surface area contributed by atoms with Gasteiger partial charge in [-0.05, 0) is 31.0 Å². The molecule has 0 aliphatic carbocycles. The van der Waals surface area contributed by atoms with Crippen LogP contribution >= 0.6 is 0 Å². The summed E-state index contributed by atoms with van der Waals surface area (Å²) < 4.78 is 21.2. The highest BCUT2D eigenvalue weighted by molar-refractivity contribution is 5.73. The molecule has 34 heavy (non-hydrogen) atoms. The van der Waals surface area contributed by atoms with Crippen molar-refractivity contribution >= 4 is 17.3 Å². The molecule has 11 nitrogen and oxygen atoms in total. The highest BCUT2D eigenvalue weighted by atomic mass is 16.6. The summed E-state index contributed by atoms with van der Waals surface area (Å²) in [5, 5.41) is 15.2. The summed E-state index contributed by atoms with van der Waals surface area (Å²) in [5.74, 6) is 0.967. The fraction of sp³-hybridized carbons (Fsp3) is 0.348. The first kappa shape index (κ1) is 23.0. The lowest BCUT2D eigenvalue weighted by Gasteiger charge is -2.32. The van der Waals surface area contributed by atoms with Crippen LogP contribution in [-0.2, 0) is 16.1 Å². The Morgan fingerprint density at radius 2 is 1.94 bits per heavy atom. The fourth-order valence-corrected chi connectivity index (χ4v) is 3.90. The summed E-state index contributed by atoms with van der Waals surface area (Å²) >= 11 is 0. The number of piperidine rings is 1. The number of hydrogen-bond acceptors (Lipinski definition) is 10. The Kier molecular flexibility index (Phi) is 6.90. The summed E-state index contributed by atoms with van der Waals surface area (Å²) in [6.45, 7) is 0.897. The van der Waals surface area contributed by atoms with E-state index in [1.165, 1.54) is 13.2 Å². The standard InChI is InChI=1S/C23H24N4O7/c1-31-16-7-8-17(20(13-16)32-2)22-24-21(34-25-22)14-33-23(28)15-9-11-26(12-10-15)18-5-3-4-6-19(18)27(29)30/h3-8,13,15H,9-12,14H2,1-2H3. The monoisotopic (exact) mass is 468 g/mol. The van der Waals surface area contributed by atoms with E-state index in [4.69, 9.17) is 18.7 Å². The van der Waals surface area contributed by atoms with Crippen LogP contribution in [0.5, 0.6) is 11.5 Å². The lowest BCUT2D eigenvalue weighted by atomic mass is 9.96. The molecule has 1 aliphatic rings. The number of nitrogens with zero attached hydrogens (tertiary/aromatic N) is 4. The molecule has 178 valence electrons. The molecule has 1 fully saturated rings. The second-order valence-corrected chi connectivity index (χ2v) is 7.69. The van der Waals surface area contributed by atoms with Crippen molar-refractivity contribution < 1.29 is 28.5 Å². The SMILES string of the molecule is COc1ccc(-c2noc(COC(=O)C3CCN(c4ccccc4[N+](=O)[O-])CC3)n2)c(OC)c1. The molecule has 4 rings (SSSR count). The summed E-state index contributed by atoms with van der Waals surface area (Å²) in [6, 6.07) is 11.8. The summed E-state index contributed by atoms with van der Waals surface area (Å²) in [5.41, 5.74) is 1.24. The highest BCUT2D eigenvalue weighted by Crippen LogP contribution is 2.33. The molecule has 0 unspecified atom stereocenters. The average Bonchev–Trinajstić information content (AvgIpc) is 3.35. The molecule has 0 atom stereocenters. The van der Waals surface area contributed by atoms with Gasteiger partial charge >= 0.3 is 5.97 Å². The summed E-state index contributed by atoms with van der Waals surface area (Å²) in [7, 11) is 3.09. The number of nitro groups is 1. The first-order valence-electron chi connectivity index (χ1n) is 10.7. The van der Waals surface area contributed by atoms with E-state index in [-0.39, 0.29) is 30.1 Å².